The molecule has 0 aromatic rings. The van der Waals surface area contributed by atoms with Crippen LogP contribution in [-0.4, -0.2) is 30.2 Å². The molecule has 2 fully saturated rings. The van der Waals surface area contributed by atoms with Gasteiger partial charge >= 0.3 is 0 Å². The third-order valence-electron chi connectivity index (χ3n) is 4.69. The van der Waals surface area contributed by atoms with Gasteiger partial charge in [0.25, 0.3) is 0 Å². The van der Waals surface area contributed by atoms with E-state index in [1.165, 1.54) is 44.9 Å². The zero-order valence-corrected chi connectivity index (χ0v) is 12.5. The van der Waals surface area contributed by atoms with Crippen LogP contribution in [0.15, 0.2) is 0 Å². The number of ether oxygens (including phenoxy) is 1. The second-order valence-electron chi connectivity index (χ2n) is 6.01. The lowest BCUT2D eigenvalue weighted by Crippen LogP contribution is -2.38. The quantitative estimate of drug-likeness (QED) is 0.742. The summed E-state index contributed by atoms with van der Waals surface area (Å²) in [5.74, 6) is 0.751. The van der Waals surface area contributed by atoms with Crippen LogP contribution < -0.4 is 5.32 Å². The summed E-state index contributed by atoms with van der Waals surface area (Å²) in [6.45, 7) is 3.24. The summed E-state index contributed by atoms with van der Waals surface area (Å²) in [4.78, 5) is 0. The van der Waals surface area contributed by atoms with Crippen molar-refractivity contribution < 1.29 is 4.74 Å². The Morgan fingerprint density at radius 3 is 2.72 bits per heavy atom. The monoisotopic (exact) mass is 273 g/mol. The van der Waals surface area contributed by atoms with Gasteiger partial charge in [0.1, 0.15) is 0 Å². The van der Waals surface area contributed by atoms with Crippen molar-refractivity contribution in [2.24, 2.45) is 0 Å². The molecule has 0 radical (unpaired) electrons. The largest absolute Gasteiger partial charge is 0.370 e. The zero-order chi connectivity index (χ0) is 12.8. The Labute approximate surface area is 117 Å². The van der Waals surface area contributed by atoms with Crippen molar-refractivity contribution in [2.75, 3.05) is 12.4 Å². The third kappa shape index (κ3) is 3.85. The van der Waals surface area contributed by atoms with E-state index in [1.807, 2.05) is 0 Å². The Hall–Kier alpha value is 0.210. The van der Waals surface area contributed by atoms with Crippen LogP contribution in [0.4, 0.5) is 0 Å². The van der Waals surface area contributed by atoms with Crippen LogP contribution in [0.3, 0.4) is 0 Å². The highest BCUT2D eigenvalue weighted by Crippen LogP contribution is 2.41. The number of nitrogens with one attached hydrogen (secondary N) is 1. The lowest BCUT2D eigenvalue weighted by molar-refractivity contribution is -0.0629. The number of halogens is 1. The van der Waals surface area contributed by atoms with E-state index in [2.05, 4.69) is 12.2 Å². The molecule has 106 valence electrons. The molecule has 1 spiro atoms. The molecular formula is C15H28ClNO. The predicted molar refractivity (Wildman–Crippen MR) is 77.3 cm³/mol. The van der Waals surface area contributed by atoms with E-state index in [0.717, 1.165) is 25.3 Å². The standard InChI is InChI=1S/C15H28ClNO/c1-2-13(7-11-16)17-12-14-6-10-15(18-14)8-4-3-5-9-15/h13-14,17H,2-12H2,1H3. The number of alkyl halides is 1. The van der Waals surface area contributed by atoms with Crippen LogP contribution in [0.25, 0.3) is 0 Å². The number of hydrogen-bond acceptors (Lipinski definition) is 2. The molecule has 2 unspecified atom stereocenters. The van der Waals surface area contributed by atoms with Crippen LogP contribution in [0, 0.1) is 0 Å². The van der Waals surface area contributed by atoms with Gasteiger partial charge < -0.3 is 10.1 Å². The molecule has 18 heavy (non-hydrogen) atoms. The highest BCUT2D eigenvalue weighted by molar-refractivity contribution is 6.17. The van der Waals surface area contributed by atoms with Crippen LogP contribution in [0.5, 0.6) is 0 Å². The Morgan fingerprint density at radius 2 is 2.06 bits per heavy atom. The maximum atomic E-state index is 6.37. The minimum Gasteiger partial charge on any atom is -0.370 e. The van der Waals surface area contributed by atoms with Gasteiger partial charge in [-0.3, -0.25) is 0 Å². The first-order chi connectivity index (χ1) is 8.78. The summed E-state index contributed by atoms with van der Waals surface area (Å²) in [7, 11) is 0. The topological polar surface area (TPSA) is 21.3 Å². The van der Waals surface area contributed by atoms with Gasteiger partial charge in [0.2, 0.25) is 0 Å². The van der Waals surface area contributed by atoms with Crippen LogP contribution in [0.1, 0.15) is 64.7 Å². The predicted octanol–water partition coefficient (Wildman–Crippen LogP) is 3.87. The van der Waals surface area contributed by atoms with Gasteiger partial charge in [-0.2, -0.15) is 0 Å². The molecule has 1 heterocycles. The molecule has 2 atom stereocenters. The van der Waals surface area contributed by atoms with Gasteiger partial charge in [0.15, 0.2) is 0 Å². The minimum atomic E-state index is 0.263. The van der Waals surface area contributed by atoms with Gasteiger partial charge in [-0.05, 0) is 38.5 Å². The lowest BCUT2D eigenvalue weighted by atomic mass is 9.83. The van der Waals surface area contributed by atoms with Gasteiger partial charge in [0, 0.05) is 18.5 Å². The average Bonchev–Trinajstić information content (AvgIpc) is 2.78. The summed E-state index contributed by atoms with van der Waals surface area (Å²) < 4.78 is 6.37. The molecule has 1 saturated heterocycles. The molecule has 1 aliphatic heterocycles. The lowest BCUT2D eigenvalue weighted by Gasteiger charge is -2.33. The summed E-state index contributed by atoms with van der Waals surface area (Å²) in [6.07, 6.45) is 11.9. The van der Waals surface area contributed by atoms with E-state index in [-0.39, 0.29) is 5.60 Å². The van der Waals surface area contributed by atoms with Crippen molar-refractivity contribution in [2.45, 2.75) is 82.5 Å². The Kier molecular flexibility index (Phi) is 5.78. The fourth-order valence-corrected chi connectivity index (χ4v) is 3.75. The first-order valence-electron chi connectivity index (χ1n) is 7.75. The smallest absolute Gasteiger partial charge is 0.0708 e. The second-order valence-corrected chi connectivity index (χ2v) is 6.39. The van der Waals surface area contributed by atoms with Crippen molar-refractivity contribution in [3.05, 3.63) is 0 Å². The summed E-state index contributed by atoms with van der Waals surface area (Å²) in [5, 5.41) is 3.62. The molecule has 0 bridgehead atoms. The molecule has 1 aliphatic carbocycles. The van der Waals surface area contributed by atoms with Gasteiger partial charge in [0.05, 0.1) is 11.7 Å². The maximum absolute atomic E-state index is 6.37. The first kappa shape index (κ1) is 14.6. The van der Waals surface area contributed by atoms with Crippen LogP contribution in [0.2, 0.25) is 0 Å². The summed E-state index contributed by atoms with van der Waals surface area (Å²) in [6, 6.07) is 0.564. The first-order valence-corrected chi connectivity index (χ1v) is 8.28. The normalized spacial score (nSPS) is 28.7. The molecule has 1 saturated carbocycles. The molecule has 0 aromatic carbocycles. The van der Waals surface area contributed by atoms with Gasteiger partial charge in [-0.25, -0.2) is 0 Å². The van der Waals surface area contributed by atoms with E-state index in [1.54, 1.807) is 0 Å². The average molecular weight is 274 g/mol. The highest BCUT2D eigenvalue weighted by atomic mass is 35.5. The van der Waals surface area contributed by atoms with Crippen molar-refractivity contribution >= 4 is 11.6 Å². The van der Waals surface area contributed by atoms with E-state index >= 15 is 0 Å². The summed E-state index contributed by atoms with van der Waals surface area (Å²) >= 11 is 5.82. The SMILES string of the molecule is CCC(CCCl)NCC1CCC2(CCCCC2)O1. The van der Waals surface area contributed by atoms with Crippen molar-refractivity contribution in [3.8, 4) is 0 Å². The zero-order valence-electron chi connectivity index (χ0n) is 11.7. The molecular weight excluding hydrogens is 246 g/mol. The van der Waals surface area contributed by atoms with E-state index in [0.29, 0.717) is 12.1 Å². The van der Waals surface area contributed by atoms with Crippen LogP contribution in [-0.2, 0) is 4.74 Å². The Bertz CT molecular complexity index is 241. The second kappa shape index (κ2) is 7.12. The molecule has 1 N–H and O–H groups in total. The van der Waals surface area contributed by atoms with Crippen molar-refractivity contribution in [1.29, 1.82) is 0 Å². The van der Waals surface area contributed by atoms with E-state index < -0.39 is 0 Å². The number of rotatable bonds is 6. The minimum absolute atomic E-state index is 0.263. The molecule has 0 amide bonds. The van der Waals surface area contributed by atoms with E-state index in [9.17, 15) is 0 Å². The van der Waals surface area contributed by atoms with Gasteiger partial charge in [-0.15, -0.1) is 11.6 Å². The highest BCUT2D eigenvalue weighted by Gasteiger charge is 2.40. The number of hydrogen-bond donors (Lipinski definition) is 1. The van der Waals surface area contributed by atoms with E-state index in [4.69, 9.17) is 16.3 Å². The van der Waals surface area contributed by atoms with Crippen LogP contribution >= 0.6 is 11.6 Å². The maximum Gasteiger partial charge on any atom is 0.0708 e. The molecule has 2 nitrogen and oxygen atoms in total. The molecule has 2 aliphatic rings. The fourth-order valence-electron chi connectivity index (χ4n) is 3.48. The fraction of sp³-hybridized carbons (Fsp3) is 1.00. The van der Waals surface area contributed by atoms with Gasteiger partial charge in [-0.1, -0.05) is 26.2 Å². The molecule has 3 heteroatoms. The third-order valence-corrected chi connectivity index (χ3v) is 4.91. The summed E-state index contributed by atoms with van der Waals surface area (Å²) in [5.41, 5.74) is 0.263. The molecule has 2 rings (SSSR count). The molecule has 0 aromatic heterocycles. The van der Waals surface area contributed by atoms with Crippen molar-refractivity contribution in [3.63, 3.8) is 0 Å². The Balaban J connectivity index is 1.72. The Morgan fingerprint density at radius 1 is 1.28 bits per heavy atom. The van der Waals surface area contributed by atoms with Crippen molar-refractivity contribution in [1.82, 2.24) is 5.32 Å².